The van der Waals surface area contributed by atoms with E-state index >= 15 is 0 Å². The van der Waals surface area contributed by atoms with Crippen LogP contribution in [0.1, 0.15) is 5.56 Å². The van der Waals surface area contributed by atoms with Crippen molar-refractivity contribution in [2.24, 2.45) is 0 Å². The largest absolute Gasteiger partial charge is 0.481 e. The van der Waals surface area contributed by atoms with Gasteiger partial charge < -0.3 is 10.1 Å². The van der Waals surface area contributed by atoms with Crippen molar-refractivity contribution in [3.63, 3.8) is 0 Å². The van der Waals surface area contributed by atoms with Gasteiger partial charge in [-0.1, -0.05) is 18.2 Å². The summed E-state index contributed by atoms with van der Waals surface area (Å²) in [4.78, 5) is 4.16. The zero-order valence-electron chi connectivity index (χ0n) is 9.48. The van der Waals surface area contributed by atoms with Gasteiger partial charge in [-0.25, -0.2) is 4.98 Å². The molecule has 0 aliphatic heterocycles. The van der Waals surface area contributed by atoms with Gasteiger partial charge in [-0.2, -0.15) is 0 Å². The van der Waals surface area contributed by atoms with Crippen LogP contribution in [0.4, 0.5) is 5.69 Å². The van der Waals surface area contributed by atoms with Gasteiger partial charge in [0.1, 0.15) is 0 Å². The fraction of sp³-hybridized carbons (Fsp3) is 0.154. The van der Waals surface area contributed by atoms with Gasteiger partial charge in [0.2, 0.25) is 5.88 Å². The lowest BCUT2D eigenvalue weighted by Crippen LogP contribution is -2.03. The number of benzene rings is 1. The Bertz CT molecular complexity index is 502. The molecule has 17 heavy (non-hydrogen) atoms. The van der Waals surface area contributed by atoms with Gasteiger partial charge in [-0.15, -0.1) is 0 Å². The van der Waals surface area contributed by atoms with E-state index in [1.54, 1.807) is 13.3 Å². The Morgan fingerprint density at radius 1 is 1.24 bits per heavy atom. The fourth-order valence-corrected chi connectivity index (χ4v) is 1.96. The van der Waals surface area contributed by atoms with Crippen molar-refractivity contribution in [3.8, 4) is 5.88 Å². The normalized spacial score (nSPS) is 10.0. The molecule has 0 saturated heterocycles. The lowest BCUT2D eigenvalue weighted by atomic mass is 10.2. The van der Waals surface area contributed by atoms with Gasteiger partial charge in [-0.05, 0) is 34.1 Å². The summed E-state index contributed by atoms with van der Waals surface area (Å²) in [5.41, 5.74) is 2.09. The molecular weight excluding hydrogens is 280 g/mol. The zero-order chi connectivity index (χ0) is 12.1. The molecule has 3 nitrogen and oxygen atoms in total. The third-order valence-electron chi connectivity index (χ3n) is 2.39. The molecule has 0 radical (unpaired) electrons. The van der Waals surface area contributed by atoms with Crippen LogP contribution in [-0.2, 0) is 6.54 Å². The van der Waals surface area contributed by atoms with E-state index < -0.39 is 0 Å². The molecule has 1 aromatic carbocycles. The molecule has 0 saturated carbocycles. The van der Waals surface area contributed by atoms with Crippen LogP contribution < -0.4 is 10.1 Å². The van der Waals surface area contributed by atoms with E-state index in [-0.39, 0.29) is 0 Å². The number of pyridine rings is 1. The van der Waals surface area contributed by atoms with Crippen LogP contribution in [0.2, 0.25) is 0 Å². The average Bonchev–Trinajstić information content (AvgIpc) is 2.38. The Morgan fingerprint density at radius 3 is 2.82 bits per heavy atom. The average molecular weight is 293 g/mol. The lowest BCUT2D eigenvalue weighted by Gasteiger charge is -2.10. The summed E-state index contributed by atoms with van der Waals surface area (Å²) < 4.78 is 6.25. The molecule has 2 rings (SSSR count). The summed E-state index contributed by atoms with van der Waals surface area (Å²) in [5.74, 6) is 0.659. The molecule has 1 aromatic heterocycles. The minimum absolute atomic E-state index is 0.659. The summed E-state index contributed by atoms with van der Waals surface area (Å²) in [6.45, 7) is 0.680. The highest BCUT2D eigenvalue weighted by atomic mass is 79.9. The van der Waals surface area contributed by atoms with Crippen molar-refractivity contribution in [1.82, 2.24) is 4.98 Å². The first-order valence-corrected chi connectivity index (χ1v) is 6.07. The summed E-state index contributed by atoms with van der Waals surface area (Å²) >= 11 is 3.50. The molecule has 0 aliphatic rings. The first-order chi connectivity index (χ1) is 8.31. The smallest absolute Gasteiger partial charge is 0.218 e. The number of nitrogens with one attached hydrogen (secondary N) is 1. The van der Waals surface area contributed by atoms with E-state index in [1.165, 1.54) is 0 Å². The van der Waals surface area contributed by atoms with Crippen LogP contribution in [0.25, 0.3) is 0 Å². The molecule has 0 atom stereocenters. The first kappa shape index (κ1) is 11.9. The van der Waals surface area contributed by atoms with Crippen LogP contribution in [0.15, 0.2) is 47.1 Å². The number of aromatic nitrogens is 1. The number of nitrogens with zero attached hydrogens (tertiary/aromatic N) is 1. The molecule has 0 fully saturated rings. The van der Waals surface area contributed by atoms with Crippen molar-refractivity contribution in [1.29, 1.82) is 0 Å². The number of halogens is 1. The highest BCUT2D eigenvalue weighted by Gasteiger charge is 2.03. The summed E-state index contributed by atoms with van der Waals surface area (Å²) in [6.07, 6.45) is 1.72. The Balaban J connectivity index is 2.10. The molecule has 1 heterocycles. The molecule has 0 unspecified atom stereocenters. The number of anilines is 1. The Kier molecular flexibility index (Phi) is 3.98. The maximum Gasteiger partial charge on any atom is 0.218 e. The summed E-state index contributed by atoms with van der Waals surface area (Å²) in [6, 6.07) is 11.9. The SMILES string of the molecule is COc1ncccc1CNc1ccccc1Br. The topological polar surface area (TPSA) is 34.1 Å². The number of hydrogen-bond donors (Lipinski definition) is 1. The number of methoxy groups -OCH3 is 1. The van der Waals surface area contributed by atoms with E-state index in [0.29, 0.717) is 12.4 Å². The zero-order valence-corrected chi connectivity index (χ0v) is 11.1. The predicted molar refractivity (Wildman–Crippen MR) is 72.3 cm³/mol. The van der Waals surface area contributed by atoms with Crippen LogP contribution in [0.5, 0.6) is 5.88 Å². The predicted octanol–water partition coefficient (Wildman–Crippen LogP) is 3.46. The van der Waals surface area contributed by atoms with E-state index in [1.807, 2.05) is 36.4 Å². The number of rotatable bonds is 4. The van der Waals surface area contributed by atoms with Crippen molar-refractivity contribution >= 4 is 21.6 Å². The number of ether oxygens (including phenoxy) is 1. The minimum atomic E-state index is 0.659. The first-order valence-electron chi connectivity index (χ1n) is 5.27. The van der Waals surface area contributed by atoms with Crippen molar-refractivity contribution in [3.05, 3.63) is 52.6 Å². The number of para-hydroxylation sites is 1. The molecule has 88 valence electrons. The maximum absolute atomic E-state index is 5.20. The van der Waals surface area contributed by atoms with E-state index in [0.717, 1.165) is 15.7 Å². The molecule has 0 amide bonds. The van der Waals surface area contributed by atoms with Gasteiger partial charge >= 0.3 is 0 Å². The van der Waals surface area contributed by atoms with Gasteiger partial charge in [-0.3, -0.25) is 0 Å². The van der Waals surface area contributed by atoms with Gasteiger partial charge in [0, 0.05) is 28.5 Å². The van der Waals surface area contributed by atoms with E-state index in [2.05, 4.69) is 26.2 Å². The van der Waals surface area contributed by atoms with Gasteiger partial charge in [0.15, 0.2) is 0 Å². The second-order valence-electron chi connectivity index (χ2n) is 3.51. The maximum atomic E-state index is 5.20. The monoisotopic (exact) mass is 292 g/mol. The standard InChI is InChI=1S/C13H13BrN2O/c1-17-13-10(5-4-8-15-13)9-16-12-7-3-2-6-11(12)14/h2-8,16H,9H2,1H3. The third kappa shape index (κ3) is 2.97. The van der Waals surface area contributed by atoms with Crippen molar-refractivity contribution in [2.75, 3.05) is 12.4 Å². The summed E-state index contributed by atoms with van der Waals surface area (Å²) in [7, 11) is 1.63. The van der Waals surface area contributed by atoms with Crippen molar-refractivity contribution in [2.45, 2.75) is 6.54 Å². The molecular formula is C13H13BrN2O. The quantitative estimate of drug-likeness (QED) is 0.937. The van der Waals surface area contributed by atoms with Crippen molar-refractivity contribution < 1.29 is 4.74 Å². The van der Waals surface area contributed by atoms with Crippen LogP contribution in [-0.4, -0.2) is 12.1 Å². The fourth-order valence-electron chi connectivity index (χ4n) is 1.54. The van der Waals surface area contributed by atoms with Gasteiger partial charge in [0.25, 0.3) is 0 Å². The van der Waals surface area contributed by atoms with E-state index in [9.17, 15) is 0 Å². The lowest BCUT2D eigenvalue weighted by molar-refractivity contribution is 0.393. The van der Waals surface area contributed by atoms with Gasteiger partial charge in [0.05, 0.1) is 7.11 Å². The Hall–Kier alpha value is -1.55. The van der Waals surface area contributed by atoms with Crippen LogP contribution >= 0.6 is 15.9 Å². The second kappa shape index (κ2) is 5.68. The highest BCUT2D eigenvalue weighted by molar-refractivity contribution is 9.10. The molecule has 2 aromatic rings. The third-order valence-corrected chi connectivity index (χ3v) is 3.08. The molecule has 0 bridgehead atoms. The Morgan fingerprint density at radius 2 is 2.06 bits per heavy atom. The second-order valence-corrected chi connectivity index (χ2v) is 4.36. The van der Waals surface area contributed by atoms with E-state index in [4.69, 9.17) is 4.74 Å². The molecule has 0 spiro atoms. The molecule has 1 N–H and O–H groups in total. The number of hydrogen-bond acceptors (Lipinski definition) is 3. The molecule has 4 heteroatoms. The van der Waals surface area contributed by atoms with Crippen LogP contribution in [0.3, 0.4) is 0 Å². The Labute approximate surface area is 109 Å². The minimum Gasteiger partial charge on any atom is -0.481 e. The molecule has 0 aliphatic carbocycles. The van der Waals surface area contributed by atoms with Crippen LogP contribution in [0, 0.1) is 0 Å². The highest BCUT2D eigenvalue weighted by Crippen LogP contribution is 2.23. The summed E-state index contributed by atoms with van der Waals surface area (Å²) in [5, 5.41) is 3.34.